The zero-order valence-electron chi connectivity index (χ0n) is 11.8. The van der Waals surface area contributed by atoms with Gasteiger partial charge in [-0.15, -0.1) is 11.3 Å². The molecule has 0 unspecified atom stereocenters. The summed E-state index contributed by atoms with van der Waals surface area (Å²) in [5.41, 5.74) is 3.94. The van der Waals surface area contributed by atoms with E-state index in [9.17, 15) is 9.59 Å². The lowest BCUT2D eigenvalue weighted by Crippen LogP contribution is -2.11. The minimum Gasteiger partial charge on any atom is -0.423 e. The summed E-state index contributed by atoms with van der Waals surface area (Å²) in [6.45, 7) is 0. The molecule has 0 spiro atoms. The number of anilines is 1. The fraction of sp³-hybridized carbons (Fsp3) is 0. The molecule has 2 heterocycles. The zero-order chi connectivity index (χ0) is 15.8. The molecule has 4 aromatic rings. The second-order valence-electron chi connectivity index (χ2n) is 5.00. The number of carbonyl (C=O) groups excluding carboxylic acids is 1. The van der Waals surface area contributed by atoms with Crippen molar-refractivity contribution in [3.8, 4) is 0 Å². The van der Waals surface area contributed by atoms with Gasteiger partial charge in [-0.05, 0) is 42.5 Å². The van der Waals surface area contributed by atoms with Crippen LogP contribution in [0.2, 0.25) is 0 Å². The molecule has 0 atom stereocenters. The number of hydrogen-bond donors (Lipinski definition) is 1. The Morgan fingerprint density at radius 3 is 2.91 bits per heavy atom. The summed E-state index contributed by atoms with van der Waals surface area (Å²) >= 11 is 1.50. The highest BCUT2D eigenvalue weighted by Crippen LogP contribution is 2.21. The van der Waals surface area contributed by atoms with Crippen LogP contribution in [0.15, 0.2) is 63.3 Å². The van der Waals surface area contributed by atoms with Crippen LogP contribution >= 0.6 is 11.3 Å². The van der Waals surface area contributed by atoms with Crippen molar-refractivity contribution in [1.29, 1.82) is 0 Å². The molecule has 0 radical (unpaired) electrons. The smallest absolute Gasteiger partial charge is 0.336 e. The van der Waals surface area contributed by atoms with Crippen molar-refractivity contribution in [2.24, 2.45) is 0 Å². The van der Waals surface area contributed by atoms with Crippen LogP contribution in [0.4, 0.5) is 5.69 Å². The van der Waals surface area contributed by atoms with Crippen LogP contribution in [0.1, 0.15) is 10.4 Å². The van der Waals surface area contributed by atoms with Crippen molar-refractivity contribution in [1.82, 2.24) is 4.98 Å². The molecular formula is C17H10N2O3S. The van der Waals surface area contributed by atoms with E-state index in [1.54, 1.807) is 35.8 Å². The van der Waals surface area contributed by atoms with Gasteiger partial charge in [-0.3, -0.25) is 4.79 Å². The van der Waals surface area contributed by atoms with Gasteiger partial charge in [0.25, 0.3) is 5.91 Å². The number of nitrogens with zero attached hydrogens (tertiary/aromatic N) is 1. The average molecular weight is 322 g/mol. The molecule has 4 rings (SSSR count). The van der Waals surface area contributed by atoms with Gasteiger partial charge in [0.1, 0.15) is 5.58 Å². The number of amides is 1. The molecule has 0 saturated heterocycles. The van der Waals surface area contributed by atoms with Gasteiger partial charge < -0.3 is 9.73 Å². The highest BCUT2D eigenvalue weighted by molar-refractivity contribution is 7.16. The van der Waals surface area contributed by atoms with E-state index < -0.39 is 5.63 Å². The number of rotatable bonds is 2. The third-order valence-electron chi connectivity index (χ3n) is 3.47. The van der Waals surface area contributed by atoms with Gasteiger partial charge in [0.05, 0.1) is 15.7 Å². The molecule has 2 aromatic heterocycles. The predicted octanol–water partition coefficient (Wildman–Crippen LogP) is 3.66. The summed E-state index contributed by atoms with van der Waals surface area (Å²) < 4.78 is 6.04. The Morgan fingerprint density at radius 2 is 2.00 bits per heavy atom. The first kappa shape index (κ1) is 13.7. The molecule has 0 aliphatic rings. The van der Waals surface area contributed by atoms with E-state index in [1.807, 2.05) is 12.1 Å². The van der Waals surface area contributed by atoms with E-state index in [1.165, 1.54) is 17.4 Å². The first-order valence-corrected chi connectivity index (χ1v) is 7.75. The van der Waals surface area contributed by atoms with Gasteiger partial charge in [0, 0.05) is 22.7 Å². The number of thiazole rings is 1. The van der Waals surface area contributed by atoms with E-state index in [0.717, 1.165) is 15.6 Å². The molecule has 112 valence electrons. The summed E-state index contributed by atoms with van der Waals surface area (Å²) in [4.78, 5) is 27.7. The molecule has 6 heteroatoms. The number of fused-ring (bicyclic) bond motifs is 2. The first-order chi connectivity index (χ1) is 11.2. The quantitative estimate of drug-likeness (QED) is 0.572. The van der Waals surface area contributed by atoms with Gasteiger partial charge in [-0.1, -0.05) is 0 Å². The predicted molar refractivity (Wildman–Crippen MR) is 90.1 cm³/mol. The van der Waals surface area contributed by atoms with Gasteiger partial charge in [-0.25, -0.2) is 9.78 Å². The van der Waals surface area contributed by atoms with Gasteiger partial charge in [0.2, 0.25) is 0 Å². The molecule has 23 heavy (non-hydrogen) atoms. The standard InChI is InChI=1S/C17H10N2O3S/c20-16-6-2-10-7-12(3-5-14(10)22-16)19-17(21)11-1-4-13-15(8-11)23-9-18-13/h1-9H,(H,19,21). The SMILES string of the molecule is O=C(Nc1ccc2oc(=O)ccc2c1)c1ccc2ncsc2c1. The summed E-state index contributed by atoms with van der Waals surface area (Å²) in [6.07, 6.45) is 0. The Kier molecular flexibility index (Phi) is 3.17. The van der Waals surface area contributed by atoms with Crippen LogP contribution in [-0.4, -0.2) is 10.9 Å². The molecule has 0 aliphatic carbocycles. The Morgan fingerprint density at radius 1 is 1.09 bits per heavy atom. The van der Waals surface area contributed by atoms with E-state index in [-0.39, 0.29) is 5.91 Å². The van der Waals surface area contributed by atoms with Crippen molar-refractivity contribution in [2.75, 3.05) is 5.32 Å². The van der Waals surface area contributed by atoms with E-state index in [4.69, 9.17) is 4.42 Å². The van der Waals surface area contributed by atoms with Crippen molar-refractivity contribution in [2.45, 2.75) is 0 Å². The second-order valence-corrected chi connectivity index (χ2v) is 5.88. The molecule has 0 saturated carbocycles. The summed E-state index contributed by atoms with van der Waals surface area (Å²) in [5.74, 6) is -0.197. The monoisotopic (exact) mass is 322 g/mol. The van der Waals surface area contributed by atoms with Gasteiger partial charge in [-0.2, -0.15) is 0 Å². The topological polar surface area (TPSA) is 72.2 Å². The lowest BCUT2D eigenvalue weighted by molar-refractivity contribution is 0.102. The average Bonchev–Trinajstić information content (AvgIpc) is 3.02. The van der Waals surface area contributed by atoms with Crippen LogP contribution in [0.25, 0.3) is 21.2 Å². The highest BCUT2D eigenvalue weighted by atomic mass is 32.1. The number of hydrogen-bond acceptors (Lipinski definition) is 5. The normalized spacial score (nSPS) is 11.0. The molecule has 0 aliphatic heterocycles. The zero-order valence-corrected chi connectivity index (χ0v) is 12.6. The maximum atomic E-state index is 12.4. The second kappa shape index (κ2) is 5.33. The van der Waals surface area contributed by atoms with Crippen molar-refractivity contribution >= 4 is 44.1 Å². The van der Waals surface area contributed by atoms with Gasteiger partial charge in [0.15, 0.2) is 0 Å². The summed E-state index contributed by atoms with van der Waals surface area (Å²) in [7, 11) is 0. The van der Waals surface area contributed by atoms with Crippen LogP contribution in [0.3, 0.4) is 0 Å². The Hall–Kier alpha value is -2.99. The molecule has 0 fully saturated rings. The van der Waals surface area contributed by atoms with Crippen molar-refractivity contribution in [3.05, 3.63) is 70.0 Å². The maximum Gasteiger partial charge on any atom is 0.336 e. The lowest BCUT2D eigenvalue weighted by Gasteiger charge is -2.06. The molecule has 1 amide bonds. The summed E-state index contributed by atoms with van der Waals surface area (Å²) in [5, 5.41) is 3.60. The molecule has 2 aromatic carbocycles. The Balaban J connectivity index is 1.64. The first-order valence-electron chi connectivity index (χ1n) is 6.87. The number of carbonyl (C=O) groups is 1. The molecule has 5 nitrogen and oxygen atoms in total. The number of nitrogens with one attached hydrogen (secondary N) is 1. The third kappa shape index (κ3) is 2.60. The number of benzene rings is 2. The van der Waals surface area contributed by atoms with Crippen molar-refractivity contribution in [3.63, 3.8) is 0 Å². The minimum atomic E-state index is -0.396. The van der Waals surface area contributed by atoms with Crippen LogP contribution in [0.5, 0.6) is 0 Å². The van der Waals surface area contributed by atoms with Crippen LogP contribution in [0, 0.1) is 0 Å². The Labute approximate surface area is 134 Å². The van der Waals surface area contributed by atoms with Crippen molar-refractivity contribution < 1.29 is 9.21 Å². The lowest BCUT2D eigenvalue weighted by atomic mass is 10.2. The van der Waals surface area contributed by atoms with E-state index in [2.05, 4.69) is 10.3 Å². The molecular weight excluding hydrogens is 312 g/mol. The van der Waals surface area contributed by atoms with E-state index >= 15 is 0 Å². The highest BCUT2D eigenvalue weighted by Gasteiger charge is 2.09. The summed E-state index contributed by atoms with van der Waals surface area (Å²) in [6, 6.07) is 13.6. The molecule has 0 bridgehead atoms. The Bertz CT molecular complexity index is 1100. The fourth-order valence-corrected chi connectivity index (χ4v) is 3.07. The fourth-order valence-electron chi connectivity index (χ4n) is 2.35. The third-order valence-corrected chi connectivity index (χ3v) is 4.26. The van der Waals surface area contributed by atoms with Gasteiger partial charge >= 0.3 is 5.63 Å². The number of aromatic nitrogens is 1. The van der Waals surface area contributed by atoms with Crippen LogP contribution < -0.4 is 10.9 Å². The van der Waals surface area contributed by atoms with E-state index in [0.29, 0.717) is 16.8 Å². The molecule has 1 N–H and O–H groups in total. The largest absolute Gasteiger partial charge is 0.423 e. The minimum absolute atomic E-state index is 0.197. The maximum absolute atomic E-state index is 12.4. The van der Waals surface area contributed by atoms with Crippen LogP contribution in [-0.2, 0) is 0 Å².